The molecule has 0 spiro atoms. The van der Waals surface area contributed by atoms with Crippen LogP contribution < -0.4 is 5.32 Å². The summed E-state index contributed by atoms with van der Waals surface area (Å²) in [5.74, 6) is 0. The molecule has 25 heavy (non-hydrogen) atoms. The molecule has 7 heteroatoms. The summed E-state index contributed by atoms with van der Waals surface area (Å²) in [6, 6.07) is 10.9. The van der Waals surface area contributed by atoms with Crippen LogP contribution in [0.25, 0.3) is 22.2 Å². The summed E-state index contributed by atoms with van der Waals surface area (Å²) in [6.07, 6.45) is -1.79. The third-order valence-electron chi connectivity index (χ3n) is 4.07. The topological polar surface area (TPSA) is 60.9 Å². The number of pyridine rings is 1. The molecular formula is C18H18F3N3O. The van der Waals surface area contributed by atoms with Crippen molar-refractivity contribution >= 4 is 11.0 Å². The number of aromatic nitrogens is 2. The molecule has 0 bridgehead atoms. The molecule has 3 rings (SSSR count). The van der Waals surface area contributed by atoms with Crippen molar-refractivity contribution in [2.24, 2.45) is 0 Å². The lowest BCUT2D eigenvalue weighted by atomic mass is 9.97. The molecule has 1 aromatic carbocycles. The summed E-state index contributed by atoms with van der Waals surface area (Å²) in [5.41, 5.74) is 1.46. The lowest BCUT2D eigenvalue weighted by molar-refractivity contribution is -0.136. The number of aromatic amines is 1. The number of benzene rings is 1. The van der Waals surface area contributed by atoms with Crippen molar-refractivity contribution in [3.8, 4) is 11.1 Å². The molecule has 2 aromatic heterocycles. The Bertz CT molecular complexity index is 871. The monoisotopic (exact) mass is 349 g/mol. The predicted octanol–water partition coefficient (Wildman–Crippen LogP) is 3.94. The first-order valence-corrected chi connectivity index (χ1v) is 7.83. The van der Waals surface area contributed by atoms with Crippen molar-refractivity contribution in [2.75, 3.05) is 6.54 Å². The molecule has 0 aliphatic rings. The number of halogens is 3. The van der Waals surface area contributed by atoms with E-state index in [4.69, 9.17) is 0 Å². The molecule has 132 valence electrons. The number of alkyl halides is 3. The highest BCUT2D eigenvalue weighted by Gasteiger charge is 2.29. The van der Waals surface area contributed by atoms with Gasteiger partial charge >= 0.3 is 6.18 Å². The Morgan fingerprint density at radius 3 is 2.76 bits per heavy atom. The molecule has 1 atom stereocenters. The van der Waals surface area contributed by atoms with Crippen molar-refractivity contribution in [2.45, 2.75) is 25.2 Å². The van der Waals surface area contributed by atoms with E-state index in [-0.39, 0.29) is 6.54 Å². The minimum Gasteiger partial charge on any atom is -0.372 e. The molecule has 3 aromatic rings. The highest BCUT2D eigenvalue weighted by molar-refractivity contribution is 5.92. The Balaban J connectivity index is 1.87. The molecule has 1 unspecified atom stereocenters. The van der Waals surface area contributed by atoms with Crippen molar-refractivity contribution in [1.82, 2.24) is 15.3 Å². The fourth-order valence-corrected chi connectivity index (χ4v) is 2.75. The Hall–Kier alpha value is -2.38. The van der Waals surface area contributed by atoms with Crippen LogP contribution in [0.1, 0.15) is 18.9 Å². The Morgan fingerprint density at radius 1 is 1.20 bits per heavy atom. The van der Waals surface area contributed by atoms with E-state index in [1.807, 2.05) is 18.2 Å². The van der Waals surface area contributed by atoms with Crippen LogP contribution in [0.5, 0.6) is 0 Å². The van der Waals surface area contributed by atoms with Gasteiger partial charge in [-0.2, -0.15) is 13.2 Å². The van der Waals surface area contributed by atoms with Gasteiger partial charge in [0.05, 0.1) is 6.42 Å². The Kier molecular flexibility index (Phi) is 4.53. The third kappa shape index (κ3) is 4.00. The quantitative estimate of drug-likeness (QED) is 0.612. The van der Waals surface area contributed by atoms with Crippen LogP contribution in [-0.4, -0.2) is 27.8 Å². The molecule has 0 radical (unpaired) electrons. The zero-order valence-electron chi connectivity index (χ0n) is 13.6. The number of H-pyrrole nitrogens is 1. The largest absolute Gasteiger partial charge is 0.390 e. The van der Waals surface area contributed by atoms with E-state index >= 15 is 0 Å². The second kappa shape index (κ2) is 6.50. The molecular weight excluding hydrogens is 331 g/mol. The van der Waals surface area contributed by atoms with Gasteiger partial charge in [-0.05, 0) is 41.8 Å². The molecule has 2 heterocycles. The van der Waals surface area contributed by atoms with Crippen LogP contribution in [0.3, 0.4) is 0 Å². The molecule has 0 fully saturated rings. The van der Waals surface area contributed by atoms with E-state index in [0.717, 1.165) is 22.2 Å². The van der Waals surface area contributed by atoms with Crippen LogP contribution in [0.4, 0.5) is 13.2 Å². The van der Waals surface area contributed by atoms with Crippen LogP contribution in [-0.2, 0) is 5.72 Å². The summed E-state index contributed by atoms with van der Waals surface area (Å²) in [4.78, 5) is 7.28. The fourth-order valence-electron chi connectivity index (χ4n) is 2.75. The van der Waals surface area contributed by atoms with Gasteiger partial charge in [0.1, 0.15) is 11.4 Å². The highest BCUT2D eigenvalue weighted by atomic mass is 19.4. The number of rotatable bonds is 5. The summed E-state index contributed by atoms with van der Waals surface area (Å²) >= 11 is 0. The van der Waals surface area contributed by atoms with Crippen molar-refractivity contribution in [1.29, 1.82) is 0 Å². The van der Waals surface area contributed by atoms with Crippen LogP contribution in [0.2, 0.25) is 0 Å². The number of aliphatic hydroxyl groups is 1. The standard InChI is InChI=1S/C18H18F3N3O/c1-17(25,24-10-7-18(19,20)21)13-4-2-3-12(11-13)14-5-8-22-16-15(14)6-9-23-16/h2-6,8-9,11,24-25H,7,10H2,1H3,(H,22,23). The number of fused-ring (bicyclic) bond motifs is 1. The molecule has 4 nitrogen and oxygen atoms in total. The van der Waals surface area contributed by atoms with E-state index in [0.29, 0.717) is 5.56 Å². The van der Waals surface area contributed by atoms with Gasteiger partial charge in [-0.1, -0.05) is 18.2 Å². The minimum atomic E-state index is -4.26. The van der Waals surface area contributed by atoms with E-state index in [9.17, 15) is 18.3 Å². The maximum atomic E-state index is 12.3. The Morgan fingerprint density at radius 2 is 2.00 bits per heavy atom. The molecule has 3 N–H and O–H groups in total. The Labute approximate surface area is 142 Å². The minimum absolute atomic E-state index is 0.363. The second-order valence-electron chi connectivity index (χ2n) is 6.04. The molecule has 0 aliphatic heterocycles. The van der Waals surface area contributed by atoms with E-state index < -0.39 is 18.3 Å². The SMILES string of the molecule is CC(O)(NCCC(F)(F)F)c1cccc(-c2ccnc3[nH]ccc23)c1. The average molecular weight is 349 g/mol. The zero-order chi connectivity index (χ0) is 18.1. The van der Waals surface area contributed by atoms with Gasteiger partial charge in [0, 0.05) is 24.3 Å². The first kappa shape index (κ1) is 17.4. The first-order valence-electron chi connectivity index (χ1n) is 7.83. The number of nitrogens with one attached hydrogen (secondary N) is 2. The van der Waals surface area contributed by atoms with E-state index in [1.54, 1.807) is 30.6 Å². The summed E-state index contributed by atoms with van der Waals surface area (Å²) < 4.78 is 36.9. The van der Waals surface area contributed by atoms with Gasteiger partial charge in [0.2, 0.25) is 0 Å². The molecule has 0 saturated heterocycles. The van der Waals surface area contributed by atoms with Gasteiger partial charge in [-0.15, -0.1) is 0 Å². The maximum Gasteiger partial charge on any atom is 0.390 e. The van der Waals surface area contributed by atoms with Crippen LogP contribution in [0, 0.1) is 0 Å². The summed E-state index contributed by atoms with van der Waals surface area (Å²) in [5, 5.41) is 14.0. The number of nitrogens with zero attached hydrogens (tertiary/aromatic N) is 1. The summed E-state index contributed by atoms with van der Waals surface area (Å²) in [6.45, 7) is 1.08. The van der Waals surface area contributed by atoms with Gasteiger partial charge < -0.3 is 10.1 Å². The second-order valence-corrected chi connectivity index (χ2v) is 6.04. The van der Waals surface area contributed by atoms with Gasteiger partial charge in [-0.25, -0.2) is 4.98 Å². The summed E-state index contributed by atoms with van der Waals surface area (Å²) in [7, 11) is 0. The molecule has 0 amide bonds. The van der Waals surface area contributed by atoms with Crippen LogP contribution in [0.15, 0.2) is 48.8 Å². The van der Waals surface area contributed by atoms with Gasteiger partial charge in [0.25, 0.3) is 0 Å². The first-order chi connectivity index (χ1) is 11.8. The van der Waals surface area contributed by atoms with Gasteiger partial charge in [0.15, 0.2) is 0 Å². The molecule has 0 aliphatic carbocycles. The van der Waals surface area contributed by atoms with E-state index in [1.165, 1.54) is 6.92 Å². The maximum absolute atomic E-state index is 12.3. The molecule has 0 saturated carbocycles. The van der Waals surface area contributed by atoms with Crippen molar-refractivity contribution in [3.63, 3.8) is 0 Å². The van der Waals surface area contributed by atoms with Crippen LogP contribution >= 0.6 is 0 Å². The van der Waals surface area contributed by atoms with Gasteiger partial charge in [-0.3, -0.25) is 5.32 Å². The van der Waals surface area contributed by atoms with Crippen molar-refractivity contribution < 1.29 is 18.3 Å². The fraction of sp³-hybridized carbons (Fsp3) is 0.278. The number of hydrogen-bond acceptors (Lipinski definition) is 3. The normalized spacial score (nSPS) is 14.6. The smallest absolute Gasteiger partial charge is 0.372 e. The van der Waals surface area contributed by atoms with Crippen molar-refractivity contribution in [3.05, 3.63) is 54.4 Å². The number of hydrogen-bond donors (Lipinski definition) is 3. The predicted molar refractivity (Wildman–Crippen MR) is 89.8 cm³/mol. The zero-order valence-corrected chi connectivity index (χ0v) is 13.6. The van der Waals surface area contributed by atoms with E-state index in [2.05, 4.69) is 15.3 Å². The average Bonchev–Trinajstić information content (AvgIpc) is 3.02. The highest BCUT2D eigenvalue weighted by Crippen LogP contribution is 2.30. The lowest BCUT2D eigenvalue weighted by Crippen LogP contribution is -2.41. The lowest BCUT2D eigenvalue weighted by Gasteiger charge is -2.26. The third-order valence-corrected chi connectivity index (χ3v) is 4.07.